The number of hydrogen-bond donors (Lipinski definition) is 2. The van der Waals surface area contributed by atoms with Gasteiger partial charge >= 0.3 is 30.5 Å². The molecule has 0 spiro atoms. The van der Waals surface area contributed by atoms with Gasteiger partial charge in [-0.3, -0.25) is 0 Å². The second-order valence-electron chi connectivity index (χ2n) is 9.56. The van der Waals surface area contributed by atoms with Crippen LogP contribution < -0.4 is 15.0 Å². The number of carbonyl (C=O) groups is 1. The van der Waals surface area contributed by atoms with Crippen LogP contribution >= 0.6 is 0 Å². The summed E-state index contributed by atoms with van der Waals surface area (Å²) in [6.45, 7) is 0.394. The summed E-state index contributed by atoms with van der Waals surface area (Å²) < 4.78 is 118. The standard InChI is InChI=1S/C27H21F6N5O.C2HF3O2/c28-26(29,30)17-8-10-18(11-9-17)35-23-20-12-15-38(24-21(27(31,32)33)7-4-14-34-24)16-13-22(20)36-25(37-23)39-19-5-2-1-3-6-19;3-2(4,5)1(6)7/h1-11,14H,12-13,15-16H2,(H,35,36,37);(H,6,7). The number of pyridine rings is 1. The molecule has 4 aromatic rings. The zero-order chi connectivity index (χ0) is 33.7. The van der Waals surface area contributed by atoms with Gasteiger partial charge in [0.2, 0.25) is 0 Å². The van der Waals surface area contributed by atoms with Gasteiger partial charge in [0.15, 0.2) is 0 Å². The fourth-order valence-corrected chi connectivity index (χ4v) is 4.28. The molecule has 0 saturated heterocycles. The van der Waals surface area contributed by atoms with Crippen molar-refractivity contribution in [3.8, 4) is 11.8 Å². The predicted molar refractivity (Wildman–Crippen MR) is 146 cm³/mol. The van der Waals surface area contributed by atoms with Gasteiger partial charge in [0, 0.05) is 37.0 Å². The lowest BCUT2D eigenvalue weighted by Gasteiger charge is -2.24. The summed E-state index contributed by atoms with van der Waals surface area (Å²) in [5, 5.41) is 10.2. The first kappa shape index (κ1) is 33.8. The van der Waals surface area contributed by atoms with Crippen LogP contribution in [-0.4, -0.2) is 45.3 Å². The number of ether oxygens (including phenoxy) is 1. The van der Waals surface area contributed by atoms with Crippen molar-refractivity contribution in [2.75, 3.05) is 23.3 Å². The number of halogens is 9. The normalized spacial score (nSPS) is 13.5. The van der Waals surface area contributed by atoms with Crippen LogP contribution in [0.1, 0.15) is 22.4 Å². The molecule has 1 aliphatic rings. The van der Waals surface area contributed by atoms with E-state index < -0.39 is 35.6 Å². The molecule has 0 saturated carbocycles. The summed E-state index contributed by atoms with van der Waals surface area (Å²) >= 11 is 0. The summed E-state index contributed by atoms with van der Waals surface area (Å²) in [6, 6.07) is 15.4. The maximum atomic E-state index is 13.7. The molecule has 0 aliphatic carbocycles. The fourth-order valence-electron chi connectivity index (χ4n) is 4.28. The first-order valence-electron chi connectivity index (χ1n) is 13.2. The number of rotatable bonds is 5. The van der Waals surface area contributed by atoms with E-state index in [0.717, 1.165) is 18.2 Å². The molecule has 0 atom stereocenters. The lowest BCUT2D eigenvalue weighted by atomic mass is 10.1. The third-order valence-corrected chi connectivity index (χ3v) is 6.38. The average molecular weight is 660 g/mol. The number of carboxylic acid groups (broad SMARTS) is 1. The average Bonchev–Trinajstić information content (AvgIpc) is 3.20. The summed E-state index contributed by atoms with van der Waals surface area (Å²) in [5.41, 5.74) is -0.105. The van der Waals surface area contributed by atoms with E-state index in [4.69, 9.17) is 14.6 Å². The zero-order valence-corrected chi connectivity index (χ0v) is 23.2. The van der Waals surface area contributed by atoms with Gasteiger partial charge in [-0.2, -0.15) is 49.5 Å². The van der Waals surface area contributed by atoms with Gasteiger partial charge in [0.05, 0.1) is 16.8 Å². The number of carboxylic acids is 1. The minimum absolute atomic E-state index is 0.00312. The Hall–Kier alpha value is -5.09. The van der Waals surface area contributed by atoms with E-state index >= 15 is 0 Å². The summed E-state index contributed by atoms with van der Waals surface area (Å²) in [7, 11) is 0. The van der Waals surface area contributed by atoms with E-state index in [-0.39, 0.29) is 37.8 Å². The molecule has 0 fully saturated rings. The lowest BCUT2D eigenvalue weighted by Crippen LogP contribution is -2.29. The first-order chi connectivity index (χ1) is 21.5. The Kier molecular flexibility index (Phi) is 9.92. The molecule has 46 heavy (non-hydrogen) atoms. The lowest BCUT2D eigenvalue weighted by molar-refractivity contribution is -0.192. The fraction of sp³-hybridized carbons (Fsp3) is 0.241. The Labute approximate surface area is 254 Å². The van der Waals surface area contributed by atoms with Gasteiger partial charge in [-0.25, -0.2) is 9.78 Å². The van der Waals surface area contributed by atoms with E-state index in [2.05, 4.69) is 20.3 Å². The van der Waals surface area contributed by atoms with Gasteiger partial charge in [0.25, 0.3) is 0 Å². The molecule has 2 aromatic carbocycles. The van der Waals surface area contributed by atoms with Crippen LogP contribution in [0.4, 0.5) is 56.8 Å². The van der Waals surface area contributed by atoms with Crippen LogP contribution in [0.25, 0.3) is 0 Å². The highest BCUT2D eigenvalue weighted by Crippen LogP contribution is 2.37. The molecule has 8 nitrogen and oxygen atoms in total. The molecule has 5 rings (SSSR count). The van der Waals surface area contributed by atoms with Crippen molar-refractivity contribution in [2.24, 2.45) is 0 Å². The second-order valence-corrected chi connectivity index (χ2v) is 9.56. The highest BCUT2D eigenvalue weighted by Gasteiger charge is 2.38. The van der Waals surface area contributed by atoms with E-state index in [1.165, 1.54) is 24.4 Å². The zero-order valence-electron chi connectivity index (χ0n) is 23.2. The second kappa shape index (κ2) is 13.5. The minimum atomic E-state index is -5.08. The Morgan fingerprint density at radius 3 is 2.02 bits per heavy atom. The number of nitrogens with one attached hydrogen (secondary N) is 1. The van der Waals surface area contributed by atoms with E-state index in [9.17, 15) is 39.5 Å². The van der Waals surface area contributed by atoms with Crippen molar-refractivity contribution >= 4 is 23.3 Å². The number of para-hydroxylation sites is 1. The maximum absolute atomic E-state index is 13.7. The van der Waals surface area contributed by atoms with E-state index in [1.807, 2.05) is 6.07 Å². The Morgan fingerprint density at radius 1 is 0.804 bits per heavy atom. The molecule has 0 bridgehead atoms. The van der Waals surface area contributed by atoms with Crippen molar-refractivity contribution in [1.82, 2.24) is 15.0 Å². The van der Waals surface area contributed by atoms with Gasteiger partial charge in [-0.1, -0.05) is 18.2 Å². The van der Waals surface area contributed by atoms with E-state index in [0.29, 0.717) is 28.5 Å². The molecule has 17 heteroatoms. The molecule has 3 heterocycles. The highest BCUT2D eigenvalue weighted by atomic mass is 19.4. The molecular weight excluding hydrogens is 637 g/mol. The van der Waals surface area contributed by atoms with Gasteiger partial charge in [0.1, 0.15) is 17.4 Å². The number of hydrogen-bond acceptors (Lipinski definition) is 7. The van der Waals surface area contributed by atoms with Crippen molar-refractivity contribution in [3.05, 3.63) is 95.3 Å². The minimum Gasteiger partial charge on any atom is -0.475 e. The smallest absolute Gasteiger partial charge is 0.475 e. The van der Waals surface area contributed by atoms with Crippen molar-refractivity contribution < 1.29 is 54.2 Å². The largest absolute Gasteiger partial charge is 0.490 e. The number of benzene rings is 2. The SMILES string of the molecule is FC(F)(F)c1ccc(Nc2nc(Oc3ccccc3)nc3c2CCN(c2ncccc2C(F)(F)F)CC3)cc1.O=C(O)C(F)(F)F. The van der Waals surface area contributed by atoms with Gasteiger partial charge < -0.3 is 20.1 Å². The van der Waals surface area contributed by atoms with Crippen LogP contribution in [0.15, 0.2) is 72.9 Å². The Morgan fingerprint density at radius 2 is 1.43 bits per heavy atom. The molecular formula is C29H22F9N5O3. The molecule has 244 valence electrons. The summed E-state index contributed by atoms with van der Waals surface area (Å²) in [6.07, 6.45) is -12.3. The number of aromatic nitrogens is 3. The number of fused-ring (bicyclic) bond motifs is 1. The van der Waals surface area contributed by atoms with Crippen LogP contribution in [0.5, 0.6) is 11.8 Å². The quantitative estimate of drug-likeness (QED) is 0.211. The topological polar surface area (TPSA) is 100 Å². The molecule has 2 N–H and O–H groups in total. The van der Waals surface area contributed by atoms with Crippen molar-refractivity contribution in [1.29, 1.82) is 0 Å². The third kappa shape index (κ3) is 8.76. The molecule has 0 amide bonds. The maximum Gasteiger partial charge on any atom is 0.490 e. The first-order valence-corrected chi connectivity index (χ1v) is 13.2. The van der Waals surface area contributed by atoms with Gasteiger partial charge in [-0.15, -0.1) is 0 Å². The molecule has 0 unspecified atom stereocenters. The van der Waals surface area contributed by atoms with Crippen LogP contribution in [-0.2, 0) is 30.0 Å². The summed E-state index contributed by atoms with van der Waals surface area (Å²) in [5.74, 6) is -2.17. The monoisotopic (exact) mass is 659 g/mol. The highest BCUT2D eigenvalue weighted by molar-refractivity contribution is 5.73. The summed E-state index contributed by atoms with van der Waals surface area (Å²) in [4.78, 5) is 23.4. The van der Waals surface area contributed by atoms with Crippen molar-refractivity contribution in [2.45, 2.75) is 31.4 Å². The Balaban J connectivity index is 0.000000617. The van der Waals surface area contributed by atoms with Crippen LogP contribution in [0, 0.1) is 0 Å². The number of anilines is 3. The van der Waals surface area contributed by atoms with Crippen molar-refractivity contribution in [3.63, 3.8) is 0 Å². The third-order valence-electron chi connectivity index (χ3n) is 6.38. The molecule has 1 aliphatic heterocycles. The number of alkyl halides is 9. The Bertz CT molecular complexity index is 1650. The molecule has 2 aromatic heterocycles. The van der Waals surface area contributed by atoms with E-state index in [1.54, 1.807) is 29.2 Å². The van der Waals surface area contributed by atoms with Crippen LogP contribution in [0.2, 0.25) is 0 Å². The van der Waals surface area contributed by atoms with Gasteiger partial charge in [-0.05, 0) is 55.0 Å². The van der Waals surface area contributed by atoms with Crippen LogP contribution in [0.3, 0.4) is 0 Å². The number of nitrogens with zero attached hydrogens (tertiary/aromatic N) is 4. The molecule has 0 radical (unpaired) electrons. The predicted octanol–water partition coefficient (Wildman–Crippen LogP) is 7.68. The number of aliphatic carboxylic acids is 1.